The molecule has 0 aliphatic heterocycles. The van der Waals surface area contributed by atoms with Crippen molar-refractivity contribution in [3.05, 3.63) is 59.7 Å². The summed E-state index contributed by atoms with van der Waals surface area (Å²) in [4.78, 5) is 11.6. The average molecular weight is 376 g/mol. The van der Waals surface area contributed by atoms with Gasteiger partial charge in [0.2, 0.25) is 15.9 Å². The van der Waals surface area contributed by atoms with Crippen molar-refractivity contribution in [2.45, 2.75) is 37.7 Å². The molecule has 0 unspecified atom stereocenters. The van der Waals surface area contributed by atoms with E-state index in [0.29, 0.717) is 17.7 Å². The molecule has 2 aromatic rings. The van der Waals surface area contributed by atoms with E-state index in [0.717, 1.165) is 5.56 Å². The van der Waals surface area contributed by atoms with Crippen molar-refractivity contribution < 1.29 is 18.3 Å². The number of hydrogen-bond donors (Lipinski definition) is 3. The fourth-order valence-corrected chi connectivity index (χ4v) is 3.80. The van der Waals surface area contributed by atoms with E-state index < -0.39 is 16.1 Å². The fourth-order valence-electron chi connectivity index (χ4n) is 2.53. The van der Waals surface area contributed by atoms with Gasteiger partial charge in [0, 0.05) is 18.7 Å². The number of aryl methyl sites for hydroxylation is 1. The van der Waals surface area contributed by atoms with E-state index in [-0.39, 0.29) is 23.8 Å². The van der Waals surface area contributed by atoms with Crippen LogP contribution < -0.4 is 10.0 Å². The van der Waals surface area contributed by atoms with E-state index in [9.17, 15) is 18.3 Å². The molecule has 3 N–H and O–H groups in total. The summed E-state index contributed by atoms with van der Waals surface area (Å²) in [6.07, 6.45) is -0.108. The number of anilines is 1. The summed E-state index contributed by atoms with van der Waals surface area (Å²) < 4.78 is 27.5. The van der Waals surface area contributed by atoms with E-state index >= 15 is 0 Å². The molecule has 7 heteroatoms. The monoisotopic (exact) mass is 376 g/mol. The van der Waals surface area contributed by atoms with Crippen molar-refractivity contribution >= 4 is 21.6 Å². The molecule has 140 valence electrons. The third-order valence-corrected chi connectivity index (χ3v) is 5.58. The molecule has 6 nitrogen and oxygen atoms in total. The zero-order valence-electron chi connectivity index (χ0n) is 14.9. The van der Waals surface area contributed by atoms with Gasteiger partial charge in [-0.05, 0) is 42.7 Å². The molecule has 0 aliphatic carbocycles. The first-order valence-corrected chi connectivity index (χ1v) is 9.95. The standard InChI is InChI=1S/C19H24N2O4S/c1-3-19(23)21-16-9-10-18(14(2)13-16)26(24,25)20-12-11-17(22)15-7-5-4-6-8-15/h4-10,13,17,20,22H,3,11-12H2,1-2H3,(H,21,23)/t17-/m1/s1. The Balaban J connectivity index is 2.00. The Kier molecular flexibility index (Phi) is 6.90. The van der Waals surface area contributed by atoms with Crippen LogP contribution in [-0.2, 0) is 14.8 Å². The summed E-state index contributed by atoms with van der Waals surface area (Å²) in [6.45, 7) is 3.54. The molecule has 1 atom stereocenters. The Morgan fingerprint density at radius 1 is 1.15 bits per heavy atom. The van der Waals surface area contributed by atoms with Gasteiger partial charge in [-0.3, -0.25) is 4.79 Å². The van der Waals surface area contributed by atoms with Crippen LogP contribution in [0.25, 0.3) is 0 Å². The van der Waals surface area contributed by atoms with E-state index in [1.54, 1.807) is 38.1 Å². The lowest BCUT2D eigenvalue weighted by atomic mass is 10.1. The topological polar surface area (TPSA) is 95.5 Å². The largest absolute Gasteiger partial charge is 0.388 e. The normalized spacial score (nSPS) is 12.6. The molecule has 0 fully saturated rings. The van der Waals surface area contributed by atoms with Gasteiger partial charge in [-0.25, -0.2) is 13.1 Å². The minimum atomic E-state index is -3.69. The average Bonchev–Trinajstić information content (AvgIpc) is 2.62. The maximum absolute atomic E-state index is 12.5. The van der Waals surface area contributed by atoms with Crippen LogP contribution in [0.5, 0.6) is 0 Å². The minimum absolute atomic E-state index is 0.117. The lowest BCUT2D eigenvalue weighted by Crippen LogP contribution is -2.26. The molecule has 0 saturated carbocycles. The molecule has 2 aromatic carbocycles. The third kappa shape index (κ3) is 5.39. The molecule has 1 amide bonds. The van der Waals surface area contributed by atoms with Gasteiger partial charge in [-0.15, -0.1) is 0 Å². The summed E-state index contributed by atoms with van der Waals surface area (Å²) in [6, 6.07) is 13.8. The Labute approximate surface area is 154 Å². The summed E-state index contributed by atoms with van der Waals surface area (Å²) in [5.74, 6) is -0.131. The number of sulfonamides is 1. The molecule has 2 rings (SSSR count). The van der Waals surface area contributed by atoms with Crippen molar-refractivity contribution in [1.29, 1.82) is 0 Å². The van der Waals surface area contributed by atoms with Crippen LogP contribution in [0.1, 0.15) is 37.0 Å². The highest BCUT2D eigenvalue weighted by Gasteiger charge is 2.18. The number of hydrogen-bond acceptors (Lipinski definition) is 4. The third-order valence-electron chi connectivity index (χ3n) is 3.96. The van der Waals surface area contributed by atoms with Crippen LogP contribution in [-0.4, -0.2) is 26.0 Å². The fraction of sp³-hybridized carbons (Fsp3) is 0.316. The minimum Gasteiger partial charge on any atom is -0.388 e. The number of aliphatic hydroxyl groups is 1. The molecule has 0 radical (unpaired) electrons. The first kappa shape index (κ1) is 20.1. The number of nitrogens with one attached hydrogen (secondary N) is 2. The Morgan fingerprint density at radius 3 is 2.46 bits per heavy atom. The quantitative estimate of drug-likeness (QED) is 0.660. The number of benzene rings is 2. The van der Waals surface area contributed by atoms with E-state index in [1.165, 1.54) is 6.07 Å². The zero-order valence-corrected chi connectivity index (χ0v) is 15.7. The number of aliphatic hydroxyl groups excluding tert-OH is 1. The van der Waals surface area contributed by atoms with Gasteiger partial charge >= 0.3 is 0 Å². The second-order valence-electron chi connectivity index (χ2n) is 5.99. The molecule has 0 heterocycles. The van der Waals surface area contributed by atoms with Gasteiger partial charge in [-0.1, -0.05) is 37.3 Å². The second kappa shape index (κ2) is 8.93. The van der Waals surface area contributed by atoms with Crippen LogP contribution in [0, 0.1) is 6.92 Å². The van der Waals surface area contributed by atoms with Gasteiger partial charge in [0.05, 0.1) is 11.0 Å². The van der Waals surface area contributed by atoms with Gasteiger partial charge in [0.1, 0.15) is 0 Å². The molecule has 0 aliphatic rings. The van der Waals surface area contributed by atoms with Gasteiger partial charge < -0.3 is 10.4 Å². The summed E-state index contributed by atoms with van der Waals surface area (Å²) in [5, 5.41) is 12.8. The first-order valence-electron chi connectivity index (χ1n) is 8.46. The maximum atomic E-state index is 12.5. The summed E-state index contributed by atoms with van der Waals surface area (Å²) >= 11 is 0. The first-order chi connectivity index (χ1) is 12.3. The van der Waals surface area contributed by atoms with Crippen LogP contribution in [0.4, 0.5) is 5.69 Å². The SMILES string of the molecule is CCC(=O)Nc1ccc(S(=O)(=O)NCC[C@@H](O)c2ccccc2)c(C)c1. The van der Waals surface area contributed by atoms with Gasteiger partial charge in [-0.2, -0.15) is 0 Å². The highest BCUT2D eigenvalue weighted by Crippen LogP contribution is 2.20. The molecular weight excluding hydrogens is 352 g/mol. The van der Waals surface area contributed by atoms with Crippen LogP contribution in [0.2, 0.25) is 0 Å². The maximum Gasteiger partial charge on any atom is 0.240 e. The molecular formula is C19H24N2O4S. The Bertz CT molecular complexity index is 851. The van der Waals surface area contributed by atoms with E-state index in [2.05, 4.69) is 10.0 Å². The zero-order chi connectivity index (χ0) is 19.2. The van der Waals surface area contributed by atoms with Gasteiger partial charge in [0.15, 0.2) is 0 Å². The van der Waals surface area contributed by atoms with Crippen molar-refractivity contribution in [3.8, 4) is 0 Å². The van der Waals surface area contributed by atoms with Crippen LogP contribution >= 0.6 is 0 Å². The lowest BCUT2D eigenvalue weighted by molar-refractivity contribution is -0.115. The number of carbonyl (C=O) groups is 1. The summed E-state index contributed by atoms with van der Waals surface area (Å²) in [7, 11) is -3.69. The number of carbonyl (C=O) groups excluding carboxylic acids is 1. The Hall–Kier alpha value is -2.22. The summed E-state index contributed by atoms with van der Waals surface area (Å²) in [5.41, 5.74) is 1.85. The van der Waals surface area contributed by atoms with Crippen molar-refractivity contribution in [2.24, 2.45) is 0 Å². The van der Waals surface area contributed by atoms with Crippen LogP contribution in [0.3, 0.4) is 0 Å². The van der Waals surface area contributed by atoms with Gasteiger partial charge in [0.25, 0.3) is 0 Å². The molecule has 26 heavy (non-hydrogen) atoms. The van der Waals surface area contributed by atoms with Crippen molar-refractivity contribution in [1.82, 2.24) is 4.72 Å². The van der Waals surface area contributed by atoms with Crippen LogP contribution in [0.15, 0.2) is 53.4 Å². The van der Waals surface area contributed by atoms with E-state index in [1.807, 2.05) is 18.2 Å². The molecule has 0 aromatic heterocycles. The number of amides is 1. The number of rotatable bonds is 8. The molecule has 0 bridgehead atoms. The second-order valence-corrected chi connectivity index (χ2v) is 7.73. The lowest BCUT2D eigenvalue weighted by Gasteiger charge is -2.13. The predicted molar refractivity (Wildman–Crippen MR) is 101 cm³/mol. The predicted octanol–water partition coefficient (Wildman–Crippen LogP) is 2.75. The van der Waals surface area contributed by atoms with Crippen molar-refractivity contribution in [2.75, 3.05) is 11.9 Å². The van der Waals surface area contributed by atoms with Crippen molar-refractivity contribution in [3.63, 3.8) is 0 Å². The smallest absolute Gasteiger partial charge is 0.240 e. The Morgan fingerprint density at radius 2 is 1.85 bits per heavy atom. The highest BCUT2D eigenvalue weighted by atomic mass is 32.2. The molecule has 0 spiro atoms. The molecule has 0 saturated heterocycles. The van der Waals surface area contributed by atoms with E-state index in [4.69, 9.17) is 0 Å². The highest BCUT2D eigenvalue weighted by molar-refractivity contribution is 7.89.